The van der Waals surface area contributed by atoms with Crippen LogP contribution < -0.4 is 15.0 Å². The summed E-state index contributed by atoms with van der Waals surface area (Å²) in [5, 5.41) is 2.29. The van der Waals surface area contributed by atoms with Crippen LogP contribution in [0.5, 0.6) is 5.75 Å². The van der Waals surface area contributed by atoms with Crippen molar-refractivity contribution < 1.29 is 22.7 Å². The molecular weight excluding hydrogens is 404 g/mol. The van der Waals surface area contributed by atoms with Crippen molar-refractivity contribution in [1.29, 1.82) is 0 Å². The maximum Gasteiger partial charge on any atom is 0.328 e. The summed E-state index contributed by atoms with van der Waals surface area (Å²) in [5.74, 6) is 0.896. The number of rotatable bonds is 8. The van der Waals surface area contributed by atoms with E-state index in [0.717, 1.165) is 5.56 Å². The molecule has 2 fully saturated rings. The molecule has 7 nitrogen and oxygen atoms in total. The Bertz CT molecular complexity index is 1050. The summed E-state index contributed by atoms with van der Waals surface area (Å²) in [6.07, 6.45) is 2.98. The number of hydrogen-bond donors (Lipinski definition) is 1. The minimum Gasteiger partial charge on any atom is -0.493 e. The summed E-state index contributed by atoms with van der Waals surface area (Å²) < 4.78 is 31.2. The van der Waals surface area contributed by atoms with E-state index < -0.39 is 15.9 Å². The predicted octanol–water partition coefficient (Wildman–Crippen LogP) is 2.94. The molecule has 158 valence electrons. The van der Waals surface area contributed by atoms with Crippen LogP contribution in [0.2, 0.25) is 0 Å². The zero-order chi connectivity index (χ0) is 21.1. The summed E-state index contributed by atoms with van der Waals surface area (Å²) >= 11 is 0. The Morgan fingerprint density at radius 1 is 1.07 bits per heavy atom. The highest BCUT2D eigenvalue weighted by Crippen LogP contribution is 2.30. The van der Waals surface area contributed by atoms with Crippen molar-refractivity contribution in [1.82, 2.24) is 5.32 Å². The summed E-state index contributed by atoms with van der Waals surface area (Å²) in [7, 11) is -3.44. The van der Waals surface area contributed by atoms with Crippen LogP contribution in [-0.4, -0.2) is 39.3 Å². The molecule has 30 heavy (non-hydrogen) atoms. The molecule has 1 aliphatic carbocycles. The SMILES string of the molecule is O=C1CCN(c2ccc(CCS(=O)(=O)c3cccc(OCC4CC4)c3)cc2)C(=O)N1. The van der Waals surface area contributed by atoms with E-state index in [1.807, 2.05) is 12.1 Å². The predicted molar refractivity (Wildman–Crippen MR) is 112 cm³/mol. The molecule has 0 aromatic heterocycles. The monoisotopic (exact) mass is 428 g/mol. The number of nitrogens with one attached hydrogen (secondary N) is 1. The van der Waals surface area contributed by atoms with E-state index in [0.29, 0.717) is 36.9 Å². The van der Waals surface area contributed by atoms with Crippen LogP contribution in [0.15, 0.2) is 53.4 Å². The molecule has 2 aromatic rings. The number of carbonyl (C=O) groups excluding carboxylic acids is 2. The number of ether oxygens (including phenoxy) is 1. The largest absolute Gasteiger partial charge is 0.493 e. The van der Waals surface area contributed by atoms with Crippen molar-refractivity contribution >= 4 is 27.5 Å². The minimum absolute atomic E-state index is 0.0167. The molecule has 1 N–H and O–H groups in total. The van der Waals surface area contributed by atoms with Gasteiger partial charge in [-0.05, 0) is 61.1 Å². The van der Waals surface area contributed by atoms with Gasteiger partial charge in [0.25, 0.3) is 0 Å². The van der Waals surface area contributed by atoms with Gasteiger partial charge in [0.1, 0.15) is 5.75 Å². The van der Waals surface area contributed by atoms with Gasteiger partial charge in [-0.15, -0.1) is 0 Å². The fourth-order valence-corrected chi connectivity index (χ4v) is 4.60. The molecule has 0 radical (unpaired) electrons. The molecule has 1 saturated heterocycles. The quantitative estimate of drug-likeness (QED) is 0.698. The maximum atomic E-state index is 12.7. The van der Waals surface area contributed by atoms with Crippen molar-refractivity contribution in [3.63, 3.8) is 0 Å². The topological polar surface area (TPSA) is 92.8 Å². The molecule has 1 saturated carbocycles. The van der Waals surface area contributed by atoms with Crippen LogP contribution >= 0.6 is 0 Å². The smallest absolute Gasteiger partial charge is 0.328 e. The third kappa shape index (κ3) is 4.99. The van der Waals surface area contributed by atoms with E-state index >= 15 is 0 Å². The fraction of sp³-hybridized carbons (Fsp3) is 0.364. The van der Waals surface area contributed by atoms with Crippen LogP contribution in [0.4, 0.5) is 10.5 Å². The van der Waals surface area contributed by atoms with Crippen LogP contribution in [0, 0.1) is 5.92 Å². The van der Waals surface area contributed by atoms with Crippen molar-refractivity contribution in [2.45, 2.75) is 30.6 Å². The molecule has 3 amide bonds. The van der Waals surface area contributed by atoms with Gasteiger partial charge in [-0.3, -0.25) is 15.0 Å². The Hall–Kier alpha value is -2.87. The van der Waals surface area contributed by atoms with Gasteiger partial charge >= 0.3 is 6.03 Å². The minimum atomic E-state index is -3.44. The molecule has 8 heteroatoms. The Morgan fingerprint density at radius 3 is 2.53 bits per heavy atom. The second-order valence-corrected chi connectivity index (χ2v) is 9.83. The first-order chi connectivity index (χ1) is 14.4. The van der Waals surface area contributed by atoms with E-state index in [4.69, 9.17) is 4.74 Å². The second-order valence-electron chi connectivity index (χ2n) is 7.72. The second kappa shape index (κ2) is 8.47. The summed E-state index contributed by atoms with van der Waals surface area (Å²) in [6, 6.07) is 13.4. The van der Waals surface area contributed by atoms with Gasteiger partial charge in [0, 0.05) is 18.7 Å². The van der Waals surface area contributed by atoms with E-state index in [1.165, 1.54) is 17.7 Å². The molecule has 0 atom stereocenters. The van der Waals surface area contributed by atoms with Gasteiger partial charge in [0.05, 0.1) is 17.3 Å². The Morgan fingerprint density at radius 2 is 1.83 bits per heavy atom. The normalized spacial score (nSPS) is 17.0. The van der Waals surface area contributed by atoms with Gasteiger partial charge in [-0.25, -0.2) is 13.2 Å². The zero-order valence-electron chi connectivity index (χ0n) is 16.5. The van der Waals surface area contributed by atoms with E-state index in [1.54, 1.807) is 36.4 Å². The van der Waals surface area contributed by atoms with Gasteiger partial charge < -0.3 is 4.74 Å². The molecule has 4 rings (SSSR count). The first-order valence-corrected chi connectivity index (χ1v) is 11.7. The van der Waals surface area contributed by atoms with Crippen molar-refractivity contribution in [3.8, 4) is 5.75 Å². The molecule has 0 unspecified atom stereocenters. The standard InChI is InChI=1S/C22H24N2O5S/c25-21-10-12-24(22(26)23-21)18-8-6-16(7-9-18)11-13-30(27,28)20-3-1-2-19(14-20)29-15-17-4-5-17/h1-3,6-9,14,17H,4-5,10-13,15H2,(H,23,25,26). The van der Waals surface area contributed by atoms with Gasteiger partial charge in [0.2, 0.25) is 5.91 Å². The number of hydrogen-bond acceptors (Lipinski definition) is 5. The number of nitrogens with zero attached hydrogens (tertiary/aromatic N) is 1. The number of aryl methyl sites for hydroxylation is 1. The summed E-state index contributed by atoms with van der Waals surface area (Å²) in [4.78, 5) is 25.0. The fourth-order valence-electron chi connectivity index (χ4n) is 3.28. The lowest BCUT2D eigenvalue weighted by molar-refractivity contribution is -0.120. The third-order valence-electron chi connectivity index (χ3n) is 5.31. The molecule has 1 aliphatic heterocycles. The van der Waals surface area contributed by atoms with Gasteiger partial charge in [-0.2, -0.15) is 0 Å². The lowest BCUT2D eigenvalue weighted by Crippen LogP contribution is -2.49. The van der Waals surface area contributed by atoms with E-state index in [-0.39, 0.29) is 23.0 Å². The molecule has 0 bridgehead atoms. The van der Waals surface area contributed by atoms with E-state index in [9.17, 15) is 18.0 Å². The van der Waals surface area contributed by atoms with Crippen LogP contribution in [0.3, 0.4) is 0 Å². The average Bonchev–Trinajstić information content (AvgIpc) is 3.56. The first kappa shape index (κ1) is 20.4. The number of benzene rings is 2. The number of sulfone groups is 1. The molecule has 1 heterocycles. The Balaban J connectivity index is 1.37. The number of carbonyl (C=O) groups is 2. The maximum absolute atomic E-state index is 12.7. The lowest BCUT2D eigenvalue weighted by atomic mass is 10.1. The van der Waals surface area contributed by atoms with Crippen molar-refractivity contribution in [2.24, 2.45) is 5.92 Å². The number of anilines is 1. The molecule has 0 spiro atoms. The third-order valence-corrected chi connectivity index (χ3v) is 7.02. The van der Waals surface area contributed by atoms with Crippen LogP contribution in [0.25, 0.3) is 0 Å². The lowest BCUT2D eigenvalue weighted by Gasteiger charge is -2.26. The highest BCUT2D eigenvalue weighted by molar-refractivity contribution is 7.91. The molecular formula is C22H24N2O5S. The van der Waals surface area contributed by atoms with E-state index in [2.05, 4.69) is 5.32 Å². The average molecular weight is 429 g/mol. The van der Waals surface area contributed by atoms with Crippen LogP contribution in [0.1, 0.15) is 24.8 Å². The number of amides is 3. The Labute approximate surface area is 175 Å². The van der Waals surface area contributed by atoms with Crippen LogP contribution in [-0.2, 0) is 21.1 Å². The molecule has 2 aliphatic rings. The first-order valence-electron chi connectivity index (χ1n) is 10.1. The van der Waals surface area contributed by atoms with Crippen molar-refractivity contribution in [3.05, 3.63) is 54.1 Å². The zero-order valence-corrected chi connectivity index (χ0v) is 17.4. The summed E-state index contributed by atoms with van der Waals surface area (Å²) in [5.41, 5.74) is 1.53. The van der Waals surface area contributed by atoms with Gasteiger partial charge in [-0.1, -0.05) is 18.2 Å². The van der Waals surface area contributed by atoms with Crippen molar-refractivity contribution in [2.75, 3.05) is 23.8 Å². The number of imide groups is 1. The highest BCUT2D eigenvalue weighted by atomic mass is 32.2. The van der Waals surface area contributed by atoms with Gasteiger partial charge in [0.15, 0.2) is 9.84 Å². The molecule has 2 aromatic carbocycles. The number of urea groups is 1. The Kier molecular flexibility index (Phi) is 5.76. The summed E-state index contributed by atoms with van der Waals surface area (Å²) in [6.45, 7) is 0.969. The highest BCUT2D eigenvalue weighted by Gasteiger charge is 2.24.